The predicted octanol–water partition coefficient (Wildman–Crippen LogP) is 2.64. The fourth-order valence-corrected chi connectivity index (χ4v) is 2.61. The molecule has 0 saturated carbocycles. The van der Waals surface area contributed by atoms with E-state index in [1.54, 1.807) is 30.0 Å². The molecule has 1 rings (SSSR count). The largest absolute Gasteiger partial charge is 0.383 e. The van der Waals surface area contributed by atoms with Crippen molar-refractivity contribution in [1.82, 2.24) is 4.90 Å². The molecule has 5 nitrogen and oxygen atoms in total. The van der Waals surface area contributed by atoms with E-state index in [9.17, 15) is 13.2 Å². The summed E-state index contributed by atoms with van der Waals surface area (Å²) >= 11 is 5.90. The van der Waals surface area contributed by atoms with Gasteiger partial charge in [-0.3, -0.25) is 4.79 Å². The lowest BCUT2D eigenvalue weighted by molar-refractivity contribution is -0.131. The standard InChI is InChI=1S/C15H22ClNO4S/c1-11(2)9-17(15(18)12(3)16)10-13-6-5-7-14(8-13)21-22(4,19)20/h5-8,11-12H,9-10H2,1-4H3/t12-/m1/s1. The second-order valence-corrected chi connectivity index (χ2v) is 7.89. The Morgan fingerprint density at radius 1 is 1.32 bits per heavy atom. The molecule has 0 spiro atoms. The molecule has 0 radical (unpaired) electrons. The van der Waals surface area contributed by atoms with E-state index in [0.717, 1.165) is 11.8 Å². The molecule has 0 saturated heterocycles. The fraction of sp³-hybridized carbons (Fsp3) is 0.533. The van der Waals surface area contributed by atoms with Gasteiger partial charge in [0, 0.05) is 13.1 Å². The molecule has 0 heterocycles. The van der Waals surface area contributed by atoms with Crippen LogP contribution in [0.4, 0.5) is 0 Å². The summed E-state index contributed by atoms with van der Waals surface area (Å²) in [7, 11) is -3.57. The van der Waals surface area contributed by atoms with Crippen LogP contribution in [0.3, 0.4) is 0 Å². The number of carbonyl (C=O) groups excluding carboxylic acids is 1. The number of benzene rings is 1. The first-order valence-electron chi connectivity index (χ1n) is 6.99. The Kier molecular flexibility index (Phi) is 6.68. The third kappa shape index (κ3) is 6.66. The van der Waals surface area contributed by atoms with Crippen molar-refractivity contribution in [3.63, 3.8) is 0 Å². The maximum atomic E-state index is 12.2. The molecule has 7 heteroatoms. The number of alkyl halides is 1. The summed E-state index contributed by atoms with van der Waals surface area (Å²) in [6.45, 7) is 6.60. The zero-order chi connectivity index (χ0) is 16.9. The summed E-state index contributed by atoms with van der Waals surface area (Å²) < 4.78 is 27.2. The van der Waals surface area contributed by atoms with Crippen molar-refractivity contribution < 1.29 is 17.4 Å². The smallest absolute Gasteiger partial charge is 0.306 e. The molecule has 1 aromatic carbocycles. The average Bonchev–Trinajstić information content (AvgIpc) is 2.34. The van der Waals surface area contributed by atoms with Gasteiger partial charge in [-0.25, -0.2) is 0 Å². The first-order valence-corrected chi connectivity index (χ1v) is 9.25. The molecule has 1 amide bonds. The molecule has 0 aromatic heterocycles. The maximum absolute atomic E-state index is 12.2. The lowest BCUT2D eigenvalue weighted by Crippen LogP contribution is -2.37. The fourth-order valence-electron chi connectivity index (χ4n) is 2.02. The third-order valence-electron chi connectivity index (χ3n) is 2.76. The lowest BCUT2D eigenvalue weighted by Gasteiger charge is -2.26. The number of hydrogen-bond donors (Lipinski definition) is 0. The highest BCUT2D eigenvalue weighted by Gasteiger charge is 2.20. The van der Waals surface area contributed by atoms with Crippen LogP contribution in [-0.2, 0) is 21.5 Å². The number of amides is 1. The van der Waals surface area contributed by atoms with Crippen molar-refractivity contribution in [3.05, 3.63) is 29.8 Å². The normalized spacial score (nSPS) is 13.0. The number of halogens is 1. The van der Waals surface area contributed by atoms with Gasteiger partial charge in [0.15, 0.2) is 0 Å². The van der Waals surface area contributed by atoms with Crippen LogP contribution in [0.5, 0.6) is 5.75 Å². The maximum Gasteiger partial charge on any atom is 0.306 e. The van der Waals surface area contributed by atoms with Gasteiger partial charge in [-0.2, -0.15) is 8.42 Å². The minimum Gasteiger partial charge on any atom is -0.383 e. The Hall–Kier alpha value is -1.27. The van der Waals surface area contributed by atoms with E-state index in [1.807, 2.05) is 19.9 Å². The first-order chi connectivity index (χ1) is 10.1. The molecule has 0 unspecified atom stereocenters. The van der Waals surface area contributed by atoms with Gasteiger partial charge in [-0.1, -0.05) is 26.0 Å². The summed E-state index contributed by atoms with van der Waals surface area (Å²) in [5.74, 6) is 0.385. The van der Waals surface area contributed by atoms with Crippen LogP contribution in [0.15, 0.2) is 24.3 Å². The van der Waals surface area contributed by atoms with Gasteiger partial charge in [0.25, 0.3) is 0 Å². The van der Waals surface area contributed by atoms with Crippen LogP contribution in [0.25, 0.3) is 0 Å². The van der Waals surface area contributed by atoms with E-state index in [4.69, 9.17) is 15.8 Å². The van der Waals surface area contributed by atoms with E-state index in [-0.39, 0.29) is 11.7 Å². The zero-order valence-electron chi connectivity index (χ0n) is 13.2. The molecule has 124 valence electrons. The van der Waals surface area contributed by atoms with Gasteiger partial charge in [0.2, 0.25) is 5.91 Å². The molecular formula is C15H22ClNO4S. The van der Waals surface area contributed by atoms with E-state index < -0.39 is 15.5 Å². The molecule has 0 aliphatic heterocycles. The molecule has 0 bridgehead atoms. The second kappa shape index (κ2) is 7.83. The minimum absolute atomic E-state index is 0.148. The highest BCUT2D eigenvalue weighted by Crippen LogP contribution is 2.18. The van der Waals surface area contributed by atoms with Gasteiger partial charge in [-0.05, 0) is 30.5 Å². The lowest BCUT2D eigenvalue weighted by atomic mass is 10.1. The number of rotatable bonds is 7. The van der Waals surface area contributed by atoms with Crippen LogP contribution < -0.4 is 4.18 Å². The Labute approximate surface area is 137 Å². The van der Waals surface area contributed by atoms with Gasteiger partial charge in [0.05, 0.1) is 6.26 Å². The SMILES string of the molecule is CC(C)CN(Cc1cccc(OS(C)(=O)=O)c1)C(=O)[C@@H](C)Cl. The molecule has 0 N–H and O–H groups in total. The van der Waals surface area contributed by atoms with Crippen molar-refractivity contribution in [2.45, 2.75) is 32.7 Å². The summed E-state index contributed by atoms with van der Waals surface area (Å²) in [4.78, 5) is 13.8. The predicted molar refractivity (Wildman–Crippen MR) is 87.5 cm³/mol. The Bertz CT molecular complexity index is 614. The van der Waals surface area contributed by atoms with Crippen LogP contribution >= 0.6 is 11.6 Å². The number of nitrogens with zero attached hydrogens (tertiary/aromatic N) is 1. The average molecular weight is 348 g/mol. The molecule has 1 aromatic rings. The summed E-state index contributed by atoms with van der Waals surface area (Å²) in [5, 5.41) is -0.603. The Balaban J connectivity index is 2.93. The van der Waals surface area contributed by atoms with Crippen molar-refractivity contribution in [3.8, 4) is 5.75 Å². The van der Waals surface area contributed by atoms with Crippen molar-refractivity contribution in [1.29, 1.82) is 0 Å². The Morgan fingerprint density at radius 3 is 2.45 bits per heavy atom. The van der Waals surface area contributed by atoms with Gasteiger partial charge >= 0.3 is 10.1 Å². The monoisotopic (exact) mass is 347 g/mol. The highest BCUT2D eigenvalue weighted by atomic mass is 35.5. The summed E-state index contributed by atoms with van der Waals surface area (Å²) in [5.41, 5.74) is 0.785. The first kappa shape index (κ1) is 18.8. The van der Waals surface area contributed by atoms with E-state index in [2.05, 4.69) is 0 Å². The Morgan fingerprint density at radius 2 is 1.95 bits per heavy atom. The summed E-state index contributed by atoms with van der Waals surface area (Å²) in [6.07, 6.45) is 0.990. The minimum atomic E-state index is -3.57. The van der Waals surface area contributed by atoms with Crippen LogP contribution in [-0.4, -0.2) is 37.4 Å². The van der Waals surface area contributed by atoms with Crippen molar-refractivity contribution in [2.24, 2.45) is 5.92 Å². The second-order valence-electron chi connectivity index (χ2n) is 5.66. The van der Waals surface area contributed by atoms with Crippen molar-refractivity contribution in [2.75, 3.05) is 12.8 Å². The van der Waals surface area contributed by atoms with Crippen LogP contribution in [0.2, 0.25) is 0 Å². The van der Waals surface area contributed by atoms with Crippen LogP contribution in [0, 0.1) is 5.92 Å². The summed E-state index contributed by atoms with van der Waals surface area (Å²) in [6, 6.07) is 6.68. The highest BCUT2D eigenvalue weighted by molar-refractivity contribution is 7.86. The molecule has 22 heavy (non-hydrogen) atoms. The van der Waals surface area contributed by atoms with E-state index >= 15 is 0 Å². The van der Waals surface area contributed by atoms with Gasteiger partial charge < -0.3 is 9.08 Å². The van der Waals surface area contributed by atoms with E-state index in [0.29, 0.717) is 19.0 Å². The molecular weight excluding hydrogens is 326 g/mol. The third-order valence-corrected chi connectivity index (χ3v) is 3.44. The molecule has 0 fully saturated rings. The number of carbonyl (C=O) groups is 1. The van der Waals surface area contributed by atoms with Crippen molar-refractivity contribution >= 4 is 27.6 Å². The molecule has 1 atom stereocenters. The van der Waals surface area contributed by atoms with Crippen LogP contribution in [0.1, 0.15) is 26.3 Å². The van der Waals surface area contributed by atoms with E-state index in [1.165, 1.54) is 0 Å². The van der Waals surface area contributed by atoms with Gasteiger partial charge in [-0.15, -0.1) is 11.6 Å². The topological polar surface area (TPSA) is 63.7 Å². The zero-order valence-corrected chi connectivity index (χ0v) is 14.8. The molecule has 0 aliphatic rings. The quantitative estimate of drug-likeness (QED) is 0.562. The van der Waals surface area contributed by atoms with Gasteiger partial charge in [0.1, 0.15) is 11.1 Å². The number of hydrogen-bond acceptors (Lipinski definition) is 4. The molecule has 0 aliphatic carbocycles.